The first kappa shape index (κ1) is 8.99. The largest absolute Gasteiger partial charge is 0.481 e. The summed E-state index contributed by atoms with van der Waals surface area (Å²) in [7, 11) is -3.37. The van der Waals surface area contributed by atoms with Crippen LogP contribution in [0.2, 0.25) is 0 Å². The number of allylic oxidation sites excluding steroid dienone is 2. The van der Waals surface area contributed by atoms with Gasteiger partial charge in [-0.2, -0.15) is 0 Å². The molecule has 1 aliphatic heterocycles. The lowest BCUT2D eigenvalue weighted by molar-refractivity contribution is -0.136. The lowest BCUT2D eigenvalue weighted by atomic mass is 10.3. The molecule has 4 nitrogen and oxygen atoms in total. The van der Waals surface area contributed by atoms with Crippen molar-refractivity contribution in [2.45, 2.75) is 11.7 Å². The number of rotatable bonds is 2. The van der Waals surface area contributed by atoms with Crippen LogP contribution in [0, 0.1) is 0 Å². The molecule has 1 N–H and O–H groups in total. The van der Waals surface area contributed by atoms with Gasteiger partial charge in [-0.05, 0) is 0 Å². The number of hydrogen-bond donors (Lipinski definition) is 1. The van der Waals surface area contributed by atoms with Crippen molar-refractivity contribution in [2.24, 2.45) is 0 Å². The van der Waals surface area contributed by atoms with Crippen LogP contribution < -0.4 is 0 Å². The summed E-state index contributed by atoms with van der Waals surface area (Å²) < 4.78 is 22.2. The Hall–Kier alpha value is -1.10. The van der Waals surface area contributed by atoms with Crippen LogP contribution in [0.15, 0.2) is 23.6 Å². The zero-order chi connectivity index (χ0) is 9.19. The minimum atomic E-state index is -3.37. The van der Waals surface area contributed by atoms with E-state index in [1.807, 2.05) is 0 Å². The van der Waals surface area contributed by atoms with Crippen molar-refractivity contribution < 1.29 is 18.3 Å². The summed E-state index contributed by atoms with van der Waals surface area (Å²) in [6, 6.07) is 0. The molecule has 0 aromatic carbocycles. The fourth-order valence-corrected chi connectivity index (χ4v) is 2.11. The zero-order valence-corrected chi connectivity index (χ0v) is 6.99. The highest BCUT2D eigenvalue weighted by Crippen LogP contribution is 2.14. The van der Waals surface area contributed by atoms with Crippen LogP contribution in [-0.4, -0.2) is 24.7 Å². The highest BCUT2D eigenvalue weighted by atomic mass is 32.2. The van der Waals surface area contributed by atoms with Gasteiger partial charge < -0.3 is 5.11 Å². The maximum absolute atomic E-state index is 11.1. The first-order valence-electron chi connectivity index (χ1n) is 3.33. The summed E-state index contributed by atoms with van der Waals surface area (Å²) in [6.07, 6.45) is 3.93. The molecule has 1 unspecified atom stereocenters. The molecule has 0 saturated heterocycles. The Morgan fingerprint density at radius 3 is 2.58 bits per heavy atom. The van der Waals surface area contributed by atoms with Crippen LogP contribution in [0.4, 0.5) is 0 Å². The normalized spacial score (nSPS) is 25.5. The van der Waals surface area contributed by atoms with Gasteiger partial charge in [0.15, 0.2) is 9.84 Å². The Kier molecular flexibility index (Phi) is 2.32. The number of sulfone groups is 1. The van der Waals surface area contributed by atoms with E-state index in [1.165, 1.54) is 18.2 Å². The Morgan fingerprint density at radius 2 is 2.08 bits per heavy atom. The molecular formula is C7H8O4S. The van der Waals surface area contributed by atoms with Crippen molar-refractivity contribution in [3.63, 3.8) is 0 Å². The molecule has 1 rings (SSSR count). The van der Waals surface area contributed by atoms with Gasteiger partial charge in [-0.3, -0.25) is 4.79 Å². The Balaban J connectivity index is 2.85. The van der Waals surface area contributed by atoms with Crippen molar-refractivity contribution in [1.29, 1.82) is 0 Å². The van der Waals surface area contributed by atoms with E-state index in [4.69, 9.17) is 5.11 Å². The fourth-order valence-electron chi connectivity index (χ4n) is 0.910. The van der Waals surface area contributed by atoms with Gasteiger partial charge in [-0.1, -0.05) is 18.2 Å². The number of aliphatic carboxylic acids is 1. The summed E-state index contributed by atoms with van der Waals surface area (Å²) in [5.74, 6) is -1.11. The fraction of sp³-hybridized carbons (Fsp3) is 0.286. The van der Waals surface area contributed by atoms with E-state index in [-0.39, 0.29) is 6.42 Å². The van der Waals surface area contributed by atoms with Crippen LogP contribution in [0.5, 0.6) is 0 Å². The Morgan fingerprint density at radius 1 is 1.42 bits per heavy atom. The molecule has 1 heterocycles. The molecule has 0 aromatic heterocycles. The third-order valence-electron chi connectivity index (χ3n) is 1.50. The van der Waals surface area contributed by atoms with Gasteiger partial charge in [0, 0.05) is 5.41 Å². The van der Waals surface area contributed by atoms with E-state index in [0.717, 1.165) is 5.41 Å². The molecular weight excluding hydrogens is 180 g/mol. The van der Waals surface area contributed by atoms with E-state index < -0.39 is 21.1 Å². The molecule has 0 saturated carbocycles. The van der Waals surface area contributed by atoms with Crippen LogP contribution in [-0.2, 0) is 14.6 Å². The molecule has 12 heavy (non-hydrogen) atoms. The second-order valence-electron chi connectivity index (χ2n) is 2.44. The van der Waals surface area contributed by atoms with Gasteiger partial charge in [0.1, 0.15) is 0 Å². The van der Waals surface area contributed by atoms with Gasteiger partial charge in [0.25, 0.3) is 0 Å². The molecule has 0 aliphatic carbocycles. The first-order chi connectivity index (χ1) is 5.52. The predicted molar refractivity (Wildman–Crippen MR) is 43.2 cm³/mol. The smallest absolute Gasteiger partial charge is 0.305 e. The van der Waals surface area contributed by atoms with Crippen molar-refractivity contribution in [3.05, 3.63) is 23.6 Å². The third-order valence-corrected chi connectivity index (χ3v) is 3.21. The second kappa shape index (κ2) is 3.10. The molecule has 1 atom stereocenters. The Labute approximate surface area is 70.1 Å². The lowest BCUT2D eigenvalue weighted by Gasteiger charge is -2.10. The molecule has 66 valence electrons. The predicted octanol–water partition coefficient (Wildman–Crippen LogP) is 0.328. The minimum Gasteiger partial charge on any atom is -0.481 e. The number of carboxylic acids is 1. The quantitative estimate of drug-likeness (QED) is 0.677. The van der Waals surface area contributed by atoms with Crippen molar-refractivity contribution in [1.82, 2.24) is 0 Å². The van der Waals surface area contributed by atoms with Gasteiger partial charge in [0.05, 0.1) is 11.7 Å². The summed E-state index contributed by atoms with van der Waals surface area (Å²) in [5, 5.41) is 8.50. The molecule has 5 heteroatoms. The number of carbonyl (C=O) groups is 1. The van der Waals surface area contributed by atoms with Crippen LogP contribution in [0.3, 0.4) is 0 Å². The van der Waals surface area contributed by atoms with Gasteiger partial charge >= 0.3 is 5.97 Å². The number of hydrogen-bond acceptors (Lipinski definition) is 3. The maximum Gasteiger partial charge on any atom is 0.305 e. The third kappa shape index (κ3) is 1.94. The van der Waals surface area contributed by atoms with E-state index in [9.17, 15) is 13.2 Å². The van der Waals surface area contributed by atoms with Crippen LogP contribution in [0.1, 0.15) is 6.42 Å². The highest BCUT2D eigenvalue weighted by molar-refractivity contribution is 7.95. The van der Waals surface area contributed by atoms with E-state index in [1.54, 1.807) is 0 Å². The van der Waals surface area contributed by atoms with Gasteiger partial charge in [-0.25, -0.2) is 8.42 Å². The molecule has 0 radical (unpaired) electrons. The van der Waals surface area contributed by atoms with Crippen molar-refractivity contribution in [3.8, 4) is 0 Å². The molecule has 0 fully saturated rings. The molecule has 1 aliphatic rings. The molecule has 0 bridgehead atoms. The van der Waals surface area contributed by atoms with Gasteiger partial charge in [-0.15, -0.1) is 0 Å². The molecule has 0 spiro atoms. The van der Waals surface area contributed by atoms with Crippen molar-refractivity contribution in [2.75, 3.05) is 0 Å². The highest BCUT2D eigenvalue weighted by Gasteiger charge is 2.24. The monoisotopic (exact) mass is 188 g/mol. The number of carboxylic acid groups (broad SMARTS) is 1. The first-order valence-corrected chi connectivity index (χ1v) is 4.94. The molecule has 0 aromatic rings. The zero-order valence-electron chi connectivity index (χ0n) is 6.17. The second-order valence-corrected chi connectivity index (χ2v) is 4.49. The average molecular weight is 188 g/mol. The summed E-state index contributed by atoms with van der Waals surface area (Å²) in [5.41, 5.74) is 0. The molecule has 0 amide bonds. The van der Waals surface area contributed by atoms with E-state index in [0.29, 0.717) is 0 Å². The van der Waals surface area contributed by atoms with E-state index in [2.05, 4.69) is 0 Å². The lowest BCUT2D eigenvalue weighted by Crippen LogP contribution is -2.21. The van der Waals surface area contributed by atoms with Crippen LogP contribution in [0.25, 0.3) is 0 Å². The average Bonchev–Trinajstić information content (AvgIpc) is 1.92. The van der Waals surface area contributed by atoms with E-state index >= 15 is 0 Å². The summed E-state index contributed by atoms with van der Waals surface area (Å²) in [6.45, 7) is 0. The van der Waals surface area contributed by atoms with Gasteiger partial charge in [0.2, 0.25) is 0 Å². The minimum absolute atomic E-state index is 0.372. The SMILES string of the molecule is O=C(O)CC1C=CC=CS1(=O)=O. The summed E-state index contributed by atoms with van der Waals surface area (Å²) in [4.78, 5) is 10.2. The summed E-state index contributed by atoms with van der Waals surface area (Å²) >= 11 is 0. The Bertz CT molecular complexity index is 336. The maximum atomic E-state index is 11.1. The standard InChI is InChI=1S/C7H8O4S/c8-7(9)5-6-3-1-2-4-12(6,10)11/h1-4,6H,5H2,(H,8,9). The van der Waals surface area contributed by atoms with Crippen molar-refractivity contribution >= 4 is 15.8 Å². The van der Waals surface area contributed by atoms with Crippen LogP contribution >= 0.6 is 0 Å². The topological polar surface area (TPSA) is 71.4 Å².